The topological polar surface area (TPSA) is 99.1 Å². The van der Waals surface area contributed by atoms with E-state index in [0.717, 1.165) is 0 Å². The fourth-order valence-corrected chi connectivity index (χ4v) is 2.02. The van der Waals surface area contributed by atoms with Gasteiger partial charge in [0.25, 0.3) is 0 Å². The molecular weight excluding hydrogens is 252 g/mol. The van der Waals surface area contributed by atoms with Crippen LogP contribution in [0.3, 0.4) is 0 Å². The molecule has 0 spiro atoms. The number of rotatable bonds is 5. The lowest BCUT2D eigenvalue weighted by Crippen LogP contribution is -2.53. The zero-order valence-corrected chi connectivity index (χ0v) is 11.4. The maximum atomic E-state index is 11.9. The van der Waals surface area contributed by atoms with E-state index in [0.29, 0.717) is 19.5 Å². The summed E-state index contributed by atoms with van der Waals surface area (Å²) in [7, 11) is 0. The summed E-state index contributed by atoms with van der Waals surface area (Å²) in [5.41, 5.74) is -0.310. The molecule has 0 bridgehead atoms. The molecule has 1 heterocycles. The lowest BCUT2D eigenvalue weighted by Gasteiger charge is -2.41. The number of likely N-dealkylation sites (tertiary alicyclic amines) is 1. The first-order valence-electron chi connectivity index (χ1n) is 6.33. The number of nitrogens with one attached hydrogen (secondary N) is 1. The average Bonchev–Trinajstić information content (AvgIpc) is 2.31. The zero-order chi connectivity index (χ0) is 14.5. The first kappa shape index (κ1) is 15.7. The summed E-state index contributed by atoms with van der Waals surface area (Å²) in [4.78, 5) is 23.7. The van der Waals surface area contributed by atoms with Gasteiger partial charge in [0.15, 0.2) is 0 Å². The Morgan fingerprint density at radius 3 is 2.74 bits per heavy atom. The Kier molecular flexibility index (Phi) is 5.56. The second kappa shape index (κ2) is 6.72. The SMILES string of the molecule is CC1(C)CN(C(=O)NCCOCC(=O)O)CCC1O. The normalized spacial score (nSPS) is 22.1. The van der Waals surface area contributed by atoms with Crippen molar-refractivity contribution in [2.45, 2.75) is 26.4 Å². The molecule has 2 amide bonds. The third kappa shape index (κ3) is 5.04. The second-order valence-electron chi connectivity index (χ2n) is 5.39. The monoisotopic (exact) mass is 274 g/mol. The Bertz CT molecular complexity index is 332. The predicted octanol–water partition coefficient (Wildman–Crippen LogP) is -0.110. The van der Waals surface area contributed by atoms with Gasteiger partial charge in [-0.05, 0) is 6.42 Å². The van der Waals surface area contributed by atoms with Gasteiger partial charge in [0.1, 0.15) is 6.61 Å². The summed E-state index contributed by atoms with van der Waals surface area (Å²) in [6.45, 7) is 4.94. The van der Waals surface area contributed by atoms with Crippen LogP contribution < -0.4 is 5.32 Å². The van der Waals surface area contributed by atoms with E-state index in [1.54, 1.807) is 4.90 Å². The van der Waals surface area contributed by atoms with E-state index < -0.39 is 12.1 Å². The van der Waals surface area contributed by atoms with Crippen LogP contribution in [0.25, 0.3) is 0 Å². The predicted molar refractivity (Wildman–Crippen MR) is 67.8 cm³/mol. The molecule has 1 fully saturated rings. The number of hydrogen-bond donors (Lipinski definition) is 3. The van der Waals surface area contributed by atoms with Crippen LogP contribution >= 0.6 is 0 Å². The van der Waals surface area contributed by atoms with E-state index in [9.17, 15) is 14.7 Å². The molecule has 3 N–H and O–H groups in total. The van der Waals surface area contributed by atoms with Crippen LogP contribution in [-0.2, 0) is 9.53 Å². The number of piperidine rings is 1. The van der Waals surface area contributed by atoms with Crippen LogP contribution in [0.2, 0.25) is 0 Å². The second-order valence-corrected chi connectivity index (χ2v) is 5.39. The van der Waals surface area contributed by atoms with E-state index >= 15 is 0 Å². The molecule has 19 heavy (non-hydrogen) atoms. The highest BCUT2D eigenvalue weighted by Crippen LogP contribution is 2.28. The highest BCUT2D eigenvalue weighted by atomic mass is 16.5. The number of aliphatic hydroxyl groups is 1. The van der Waals surface area contributed by atoms with Crippen molar-refractivity contribution in [3.63, 3.8) is 0 Å². The molecule has 1 atom stereocenters. The molecule has 1 rings (SSSR count). The number of aliphatic hydroxyl groups excluding tert-OH is 1. The summed E-state index contributed by atoms with van der Waals surface area (Å²) in [6.07, 6.45) is 0.172. The summed E-state index contributed by atoms with van der Waals surface area (Å²) >= 11 is 0. The van der Waals surface area contributed by atoms with Crippen molar-refractivity contribution < 1.29 is 24.5 Å². The molecule has 1 aliphatic rings. The quantitative estimate of drug-likeness (QED) is 0.607. The molecule has 0 aromatic rings. The van der Waals surface area contributed by atoms with Crippen molar-refractivity contribution in [3.05, 3.63) is 0 Å². The van der Waals surface area contributed by atoms with Crippen LogP contribution in [0.5, 0.6) is 0 Å². The number of urea groups is 1. The molecule has 0 radical (unpaired) electrons. The molecular formula is C12H22N2O5. The first-order valence-corrected chi connectivity index (χ1v) is 6.33. The Hall–Kier alpha value is -1.34. The Morgan fingerprint density at radius 2 is 2.16 bits per heavy atom. The summed E-state index contributed by atoms with van der Waals surface area (Å²) in [5.74, 6) is -1.03. The van der Waals surface area contributed by atoms with Crippen molar-refractivity contribution in [1.82, 2.24) is 10.2 Å². The van der Waals surface area contributed by atoms with Crippen LogP contribution in [0.15, 0.2) is 0 Å². The van der Waals surface area contributed by atoms with Crippen molar-refractivity contribution in [1.29, 1.82) is 0 Å². The van der Waals surface area contributed by atoms with Crippen LogP contribution in [0.4, 0.5) is 4.79 Å². The number of aliphatic carboxylic acids is 1. The molecule has 0 aliphatic carbocycles. The van der Waals surface area contributed by atoms with Crippen molar-refractivity contribution in [2.24, 2.45) is 5.41 Å². The van der Waals surface area contributed by atoms with Gasteiger partial charge in [-0.3, -0.25) is 0 Å². The van der Waals surface area contributed by atoms with E-state index in [1.165, 1.54) is 0 Å². The molecule has 0 aromatic heterocycles. The van der Waals surface area contributed by atoms with Gasteiger partial charge in [-0.25, -0.2) is 9.59 Å². The number of nitrogens with zero attached hydrogens (tertiary/aromatic N) is 1. The van der Waals surface area contributed by atoms with Gasteiger partial charge in [0, 0.05) is 25.0 Å². The van der Waals surface area contributed by atoms with E-state index in [-0.39, 0.29) is 31.2 Å². The van der Waals surface area contributed by atoms with Gasteiger partial charge in [-0.2, -0.15) is 0 Å². The number of carboxylic acid groups (broad SMARTS) is 1. The van der Waals surface area contributed by atoms with Crippen molar-refractivity contribution in [2.75, 3.05) is 32.8 Å². The smallest absolute Gasteiger partial charge is 0.329 e. The van der Waals surface area contributed by atoms with Gasteiger partial charge in [-0.1, -0.05) is 13.8 Å². The number of hydrogen-bond acceptors (Lipinski definition) is 4. The first-order chi connectivity index (χ1) is 8.83. The standard InChI is InChI=1S/C12H22N2O5/c1-12(2)8-14(5-3-9(12)15)11(18)13-4-6-19-7-10(16)17/h9,15H,3-8H2,1-2H3,(H,13,18)(H,16,17). The molecule has 7 heteroatoms. The maximum Gasteiger partial charge on any atom is 0.329 e. The van der Waals surface area contributed by atoms with Crippen molar-refractivity contribution >= 4 is 12.0 Å². The molecule has 1 unspecified atom stereocenters. The number of carboxylic acids is 1. The minimum absolute atomic E-state index is 0.165. The zero-order valence-electron chi connectivity index (χ0n) is 11.4. The number of ether oxygens (including phenoxy) is 1. The maximum absolute atomic E-state index is 11.9. The fourth-order valence-electron chi connectivity index (χ4n) is 2.02. The van der Waals surface area contributed by atoms with Gasteiger partial charge in [0.05, 0.1) is 12.7 Å². The summed E-state index contributed by atoms with van der Waals surface area (Å²) in [6, 6.07) is -0.209. The third-order valence-electron chi connectivity index (χ3n) is 3.21. The van der Waals surface area contributed by atoms with Gasteiger partial charge >= 0.3 is 12.0 Å². The average molecular weight is 274 g/mol. The van der Waals surface area contributed by atoms with Crippen molar-refractivity contribution in [3.8, 4) is 0 Å². The molecule has 1 saturated heterocycles. The van der Waals surface area contributed by atoms with Crippen LogP contribution in [-0.4, -0.2) is 66.1 Å². The van der Waals surface area contributed by atoms with Gasteiger partial charge < -0.3 is 25.2 Å². The summed E-state index contributed by atoms with van der Waals surface area (Å²) < 4.78 is 4.82. The highest BCUT2D eigenvalue weighted by molar-refractivity contribution is 5.74. The molecule has 7 nitrogen and oxygen atoms in total. The minimum Gasteiger partial charge on any atom is -0.480 e. The van der Waals surface area contributed by atoms with E-state index in [1.807, 2.05) is 13.8 Å². The molecule has 1 aliphatic heterocycles. The number of carbonyl (C=O) groups is 2. The Morgan fingerprint density at radius 1 is 1.47 bits per heavy atom. The number of carbonyl (C=O) groups excluding carboxylic acids is 1. The third-order valence-corrected chi connectivity index (χ3v) is 3.21. The lowest BCUT2D eigenvalue weighted by molar-refractivity contribution is -0.142. The Balaban J connectivity index is 2.25. The highest BCUT2D eigenvalue weighted by Gasteiger charge is 2.36. The fraction of sp³-hybridized carbons (Fsp3) is 0.833. The van der Waals surface area contributed by atoms with Gasteiger partial charge in [-0.15, -0.1) is 0 Å². The van der Waals surface area contributed by atoms with E-state index in [4.69, 9.17) is 9.84 Å². The molecule has 110 valence electrons. The molecule has 0 aromatic carbocycles. The largest absolute Gasteiger partial charge is 0.480 e. The minimum atomic E-state index is -1.03. The molecule has 0 saturated carbocycles. The lowest BCUT2D eigenvalue weighted by atomic mass is 9.81. The summed E-state index contributed by atoms with van der Waals surface area (Å²) in [5, 5.41) is 20.8. The van der Waals surface area contributed by atoms with E-state index in [2.05, 4.69) is 5.32 Å². The Labute approximate surface area is 112 Å². The van der Waals surface area contributed by atoms with Crippen LogP contribution in [0.1, 0.15) is 20.3 Å². The van der Waals surface area contributed by atoms with Crippen LogP contribution in [0, 0.1) is 5.41 Å². The van der Waals surface area contributed by atoms with Gasteiger partial charge in [0.2, 0.25) is 0 Å². The number of amides is 2.